The van der Waals surface area contributed by atoms with Gasteiger partial charge in [0, 0.05) is 0 Å². The number of para-hydroxylation sites is 2. The van der Waals surface area contributed by atoms with Gasteiger partial charge in [0.1, 0.15) is 0 Å². The van der Waals surface area contributed by atoms with Gasteiger partial charge in [0.05, 0.1) is 0 Å². The van der Waals surface area contributed by atoms with Gasteiger partial charge in [-0.3, -0.25) is 0 Å². The number of hydrogen-bond acceptors (Lipinski definition) is 3. The van der Waals surface area contributed by atoms with Crippen molar-refractivity contribution in [2.75, 3.05) is 4.90 Å². The van der Waals surface area contributed by atoms with E-state index in [-0.39, 0.29) is 0 Å². The fourth-order valence-electron chi connectivity index (χ4n) is 11.1. The first-order chi connectivity index (χ1) is 30.4. The van der Waals surface area contributed by atoms with Crippen LogP contribution >= 0.6 is 6.04 Å². The summed E-state index contributed by atoms with van der Waals surface area (Å²) in [5.74, 6) is 1.78. The van der Waals surface area contributed by atoms with Crippen LogP contribution in [0.1, 0.15) is 33.4 Å². The van der Waals surface area contributed by atoms with Gasteiger partial charge >= 0.3 is 374 Å². The van der Waals surface area contributed by atoms with Gasteiger partial charge in [0.25, 0.3) is 0 Å². The zero-order valence-electron chi connectivity index (χ0n) is 34.5. The summed E-state index contributed by atoms with van der Waals surface area (Å²) in [7, 11) is 0. The van der Waals surface area contributed by atoms with E-state index in [1.54, 1.807) is 0 Å². The van der Waals surface area contributed by atoms with E-state index in [9.17, 15) is 0 Å². The van der Waals surface area contributed by atoms with Crippen molar-refractivity contribution < 1.29 is 4.74 Å². The molecule has 1 unspecified atom stereocenters. The molecule has 0 saturated heterocycles. The average molecular weight is 893 g/mol. The summed E-state index contributed by atoms with van der Waals surface area (Å²) in [5.41, 5.74) is 10.1. The summed E-state index contributed by atoms with van der Waals surface area (Å²) in [6.45, 7) is 4.44. The standard InChI is InChI=1S/C57H42GeNOPS/c1-39-30-33-51-47(36-39)57(45-24-12-15-27-53(45)60-54-28-16-13-25-46(54)57)48-37-40(2)31-34-52(48)59(51)43-32-35-56-50(38-43)58(41-18-6-3-7-19-41,42-20-8-4-9-21-42)49-26-14-17-29-55(49)61(56,62)44-22-10-5-11-23-44/h3-38H,1-2H3. The Hall–Kier alpha value is -6.23. The van der Waals surface area contributed by atoms with Gasteiger partial charge in [-0.25, -0.2) is 0 Å². The Morgan fingerprint density at radius 1 is 0.452 bits per heavy atom. The van der Waals surface area contributed by atoms with Gasteiger partial charge < -0.3 is 0 Å². The molecule has 9 aromatic rings. The van der Waals surface area contributed by atoms with Crippen LogP contribution < -0.4 is 43.1 Å². The molecule has 0 N–H and O–H groups in total. The van der Waals surface area contributed by atoms with Gasteiger partial charge in [-0.05, 0) is 0 Å². The molecule has 5 heteroatoms. The third kappa shape index (κ3) is 5.08. The number of aryl methyl sites for hydroxylation is 2. The molecule has 9 aromatic carbocycles. The molecule has 62 heavy (non-hydrogen) atoms. The van der Waals surface area contributed by atoms with E-state index in [4.69, 9.17) is 16.5 Å². The second kappa shape index (κ2) is 14.2. The molecule has 0 saturated carbocycles. The van der Waals surface area contributed by atoms with E-state index in [0.717, 1.165) is 39.7 Å². The summed E-state index contributed by atoms with van der Waals surface area (Å²) in [4.78, 5) is 2.55. The van der Waals surface area contributed by atoms with Crippen molar-refractivity contribution in [1.29, 1.82) is 0 Å². The average Bonchev–Trinajstić information content (AvgIpc) is 3.33. The fraction of sp³-hybridized carbons (Fsp3) is 0.0526. The summed E-state index contributed by atoms with van der Waals surface area (Å²) in [6, 6.07) is 79.2. The maximum absolute atomic E-state index is 7.26. The van der Waals surface area contributed by atoms with Gasteiger partial charge in [-0.15, -0.1) is 0 Å². The van der Waals surface area contributed by atoms with Crippen LogP contribution in [0.2, 0.25) is 0 Å². The molecule has 1 atom stereocenters. The minimum atomic E-state index is -3.83. The number of fused-ring (bicyclic) bond motifs is 10. The van der Waals surface area contributed by atoms with Crippen LogP contribution in [-0.2, 0) is 17.2 Å². The number of hydrogen-bond donors (Lipinski definition) is 0. The van der Waals surface area contributed by atoms with Gasteiger partial charge in [0.2, 0.25) is 0 Å². The molecule has 0 radical (unpaired) electrons. The molecule has 0 aromatic heterocycles. The van der Waals surface area contributed by atoms with E-state index in [1.165, 1.54) is 55.8 Å². The SMILES string of the molecule is Cc1ccc2c(c1)C1(c3ccccc3Oc3ccccc31)c1cc(C)ccc1N2c1ccc2[c](c1)[Ge]([c]1ccccc1)([c]1ccccc1)[c]1ccccc1P2(=S)c1ccccc1. The van der Waals surface area contributed by atoms with Crippen LogP contribution in [0.4, 0.5) is 17.1 Å². The van der Waals surface area contributed by atoms with E-state index in [2.05, 4.69) is 237 Å². The van der Waals surface area contributed by atoms with Crippen molar-refractivity contribution in [3.63, 3.8) is 0 Å². The Kier molecular flexibility index (Phi) is 8.57. The minimum absolute atomic E-state index is 0.623. The summed E-state index contributed by atoms with van der Waals surface area (Å²) in [5, 5.41) is 3.86. The first-order valence-electron chi connectivity index (χ1n) is 21.4. The molecule has 3 aliphatic rings. The molecular weight excluding hydrogens is 850 g/mol. The Morgan fingerprint density at radius 2 is 0.935 bits per heavy atom. The first-order valence-corrected chi connectivity index (χ1v) is 28.4. The molecule has 296 valence electrons. The summed E-state index contributed by atoms with van der Waals surface area (Å²) < 4.78 is 12.4. The molecule has 1 spiro atoms. The fourth-order valence-corrected chi connectivity index (χ4v) is 30.4. The molecule has 0 amide bonds. The number of nitrogens with zero attached hydrogens (tertiary/aromatic N) is 1. The monoisotopic (exact) mass is 893 g/mol. The van der Waals surface area contributed by atoms with Crippen molar-refractivity contribution in [3.05, 3.63) is 252 Å². The Bertz CT molecular complexity index is 3150. The Balaban J connectivity index is 1.21. The van der Waals surface area contributed by atoms with Crippen molar-refractivity contribution in [3.8, 4) is 11.5 Å². The molecule has 3 aliphatic heterocycles. The van der Waals surface area contributed by atoms with E-state index in [0.29, 0.717) is 0 Å². The van der Waals surface area contributed by atoms with Crippen molar-refractivity contribution in [2.24, 2.45) is 0 Å². The van der Waals surface area contributed by atoms with Crippen LogP contribution in [0.5, 0.6) is 11.5 Å². The van der Waals surface area contributed by atoms with Gasteiger partial charge in [0.15, 0.2) is 0 Å². The Morgan fingerprint density at radius 3 is 1.52 bits per heavy atom. The van der Waals surface area contributed by atoms with Crippen LogP contribution in [0, 0.1) is 13.8 Å². The van der Waals surface area contributed by atoms with Gasteiger partial charge in [-0.1, -0.05) is 0 Å². The first kappa shape index (κ1) is 37.5. The zero-order valence-corrected chi connectivity index (χ0v) is 38.3. The van der Waals surface area contributed by atoms with Crippen molar-refractivity contribution in [2.45, 2.75) is 19.3 Å². The van der Waals surface area contributed by atoms with Gasteiger partial charge in [-0.2, -0.15) is 0 Å². The van der Waals surface area contributed by atoms with E-state index < -0.39 is 24.7 Å². The number of ether oxygens (including phenoxy) is 1. The van der Waals surface area contributed by atoms with E-state index in [1.807, 2.05) is 0 Å². The zero-order chi connectivity index (χ0) is 41.6. The van der Waals surface area contributed by atoms with Crippen LogP contribution in [0.3, 0.4) is 0 Å². The Labute approximate surface area is 371 Å². The third-order valence-corrected chi connectivity index (χ3v) is 29.6. The third-order valence-electron chi connectivity index (χ3n) is 13.6. The molecule has 12 rings (SSSR count). The normalized spacial score (nSPS) is 17.0. The molecule has 2 nitrogen and oxygen atoms in total. The number of benzene rings is 9. The second-order valence-corrected chi connectivity index (χ2v) is 29.0. The van der Waals surface area contributed by atoms with Crippen molar-refractivity contribution >= 4 is 81.7 Å². The molecular formula is C57H42GeNOPS. The maximum atomic E-state index is 7.26. The van der Waals surface area contributed by atoms with Crippen LogP contribution in [-0.4, -0.2) is 13.3 Å². The topological polar surface area (TPSA) is 12.5 Å². The predicted molar refractivity (Wildman–Crippen MR) is 266 cm³/mol. The van der Waals surface area contributed by atoms with Crippen LogP contribution in [0.15, 0.2) is 218 Å². The van der Waals surface area contributed by atoms with Crippen molar-refractivity contribution in [1.82, 2.24) is 0 Å². The molecule has 0 aliphatic carbocycles. The summed E-state index contributed by atoms with van der Waals surface area (Å²) in [6.07, 6.45) is 0. The molecule has 3 heterocycles. The number of rotatable bonds is 4. The number of anilines is 3. The van der Waals surface area contributed by atoms with E-state index >= 15 is 0 Å². The summed E-state index contributed by atoms with van der Waals surface area (Å²) >= 11 is 3.43. The quantitative estimate of drug-likeness (QED) is 0.129. The van der Waals surface area contributed by atoms with Crippen LogP contribution in [0.25, 0.3) is 0 Å². The predicted octanol–water partition coefficient (Wildman–Crippen LogP) is 10.0. The molecule has 0 fully saturated rings. The molecule has 0 bridgehead atoms. The second-order valence-electron chi connectivity index (χ2n) is 16.9.